The second-order valence-corrected chi connectivity index (χ2v) is 5.21. The highest BCUT2D eigenvalue weighted by molar-refractivity contribution is 5.58. The Hall–Kier alpha value is -3.19. The first kappa shape index (κ1) is 16.7. The van der Waals surface area contributed by atoms with Crippen LogP contribution in [-0.2, 0) is 4.74 Å². The number of benzene rings is 2. The molecule has 0 bridgehead atoms. The van der Waals surface area contributed by atoms with Crippen LogP contribution in [0.1, 0.15) is 0 Å². The first-order chi connectivity index (χ1) is 12.3. The van der Waals surface area contributed by atoms with Crippen LogP contribution in [0.4, 0.5) is 29.2 Å². The van der Waals surface area contributed by atoms with Crippen LogP contribution in [0.3, 0.4) is 0 Å². The van der Waals surface area contributed by atoms with Gasteiger partial charge >= 0.3 is 0 Å². The molecule has 0 aliphatic carbocycles. The molecule has 3 aromatic rings. The van der Waals surface area contributed by atoms with Crippen molar-refractivity contribution in [1.29, 1.82) is 0 Å². The summed E-state index contributed by atoms with van der Waals surface area (Å²) in [5.74, 6) is 1.39. The van der Waals surface area contributed by atoms with Gasteiger partial charge in [-0.1, -0.05) is 36.4 Å². The van der Waals surface area contributed by atoms with Gasteiger partial charge in [0.05, 0.1) is 6.61 Å². The standard InChI is InChI=1S/C18H20N6O/c1-25-13-12-19-16-22-17(20-14-8-4-2-5-9-14)24-18(23-16)21-15-10-6-3-7-11-15/h2-11H,12-13H2,1H3,(H3,19,20,21,22,23,24). The first-order valence-electron chi connectivity index (χ1n) is 7.96. The third-order valence-corrected chi connectivity index (χ3v) is 3.28. The van der Waals surface area contributed by atoms with Gasteiger partial charge in [-0.15, -0.1) is 0 Å². The quantitative estimate of drug-likeness (QED) is 0.544. The summed E-state index contributed by atoms with van der Waals surface area (Å²) >= 11 is 0. The molecule has 3 rings (SSSR count). The molecule has 0 amide bonds. The van der Waals surface area contributed by atoms with Crippen molar-refractivity contribution in [2.24, 2.45) is 0 Å². The highest BCUT2D eigenvalue weighted by Gasteiger charge is 2.07. The Kier molecular flexibility index (Phi) is 5.73. The summed E-state index contributed by atoms with van der Waals surface area (Å²) in [6.45, 7) is 1.17. The van der Waals surface area contributed by atoms with Crippen molar-refractivity contribution in [2.75, 3.05) is 36.2 Å². The zero-order valence-corrected chi connectivity index (χ0v) is 13.9. The van der Waals surface area contributed by atoms with E-state index in [1.165, 1.54) is 0 Å². The Morgan fingerprint density at radius 3 is 1.68 bits per heavy atom. The molecule has 1 heterocycles. The van der Waals surface area contributed by atoms with Gasteiger partial charge in [0.15, 0.2) is 0 Å². The van der Waals surface area contributed by atoms with E-state index in [-0.39, 0.29) is 0 Å². The van der Waals surface area contributed by atoms with Gasteiger partial charge in [-0.3, -0.25) is 0 Å². The molecule has 2 aromatic carbocycles. The summed E-state index contributed by atoms with van der Waals surface area (Å²) in [4.78, 5) is 13.2. The molecule has 0 unspecified atom stereocenters. The number of rotatable bonds is 8. The van der Waals surface area contributed by atoms with E-state index >= 15 is 0 Å². The SMILES string of the molecule is COCCNc1nc(Nc2ccccc2)nc(Nc2ccccc2)n1. The van der Waals surface area contributed by atoms with E-state index in [1.54, 1.807) is 7.11 Å². The van der Waals surface area contributed by atoms with Gasteiger partial charge in [0.2, 0.25) is 17.8 Å². The van der Waals surface area contributed by atoms with E-state index in [9.17, 15) is 0 Å². The third-order valence-electron chi connectivity index (χ3n) is 3.28. The van der Waals surface area contributed by atoms with Crippen LogP contribution >= 0.6 is 0 Å². The highest BCUT2D eigenvalue weighted by Crippen LogP contribution is 2.18. The van der Waals surface area contributed by atoms with E-state index < -0.39 is 0 Å². The Bertz CT molecular complexity index is 722. The average molecular weight is 336 g/mol. The minimum absolute atomic E-state index is 0.458. The van der Waals surface area contributed by atoms with E-state index in [4.69, 9.17) is 4.74 Å². The Morgan fingerprint density at radius 2 is 1.20 bits per heavy atom. The van der Waals surface area contributed by atoms with Crippen LogP contribution in [0, 0.1) is 0 Å². The Morgan fingerprint density at radius 1 is 0.720 bits per heavy atom. The monoisotopic (exact) mass is 336 g/mol. The summed E-state index contributed by atoms with van der Waals surface area (Å²) in [6.07, 6.45) is 0. The number of anilines is 5. The number of nitrogens with one attached hydrogen (secondary N) is 3. The Labute approximate surface area is 146 Å². The number of hydrogen-bond donors (Lipinski definition) is 3. The van der Waals surface area contributed by atoms with Crippen LogP contribution < -0.4 is 16.0 Å². The predicted molar refractivity (Wildman–Crippen MR) is 99.6 cm³/mol. The van der Waals surface area contributed by atoms with Gasteiger partial charge in [0, 0.05) is 25.0 Å². The molecule has 0 fully saturated rings. The van der Waals surface area contributed by atoms with Crippen molar-refractivity contribution < 1.29 is 4.74 Å². The molecule has 0 atom stereocenters. The lowest BCUT2D eigenvalue weighted by atomic mass is 10.3. The average Bonchev–Trinajstić information content (AvgIpc) is 2.63. The van der Waals surface area contributed by atoms with Crippen LogP contribution in [0.25, 0.3) is 0 Å². The van der Waals surface area contributed by atoms with Gasteiger partial charge < -0.3 is 20.7 Å². The molecule has 25 heavy (non-hydrogen) atoms. The lowest BCUT2D eigenvalue weighted by Gasteiger charge is -2.11. The van der Waals surface area contributed by atoms with E-state index in [1.807, 2.05) is 60.7 Å². The summed E-state index contributed by atoms with van der Waals surface area (Å²) in [6, 6.07) is 19.5. The molecule has 3 N–H and O–H groups in total. The smallest absolute Gasteiger partial charge is 0.233 e. The lowest BCUT2D eigenvalue weighted by Crippen LogP contribution is -2.13. The number of ether oxygens (including phenoxy) is 1. The third kappa shape index (κ3) is 5.15. The topological polar surface area (TPSA) is 84.0 Å². The molecule has 7 nitrogen and oxygen atoms in total. The van der Waals surface area contributed by atoms with Crippen molar-refractivity contribution in [1.82, 2.24) is 15.0 Å². The maximum Gasteiger partial charge on any atom is 0.233 e. The fraction of sp³-hybridized carbons (Fsp3) is 0.167. The van der Waals surface area contributed by atoms with Gasteiger partial charge in [0.1, 0.15) is 0 Å². The molecular formula is C18H20N6O. The molecule has 0 aliphatic heterocycles. The summed E-state index contributed by atoms with van der Waals surface area (Å²) in [5.41, 5.74) is 1.81. The minimum Gasteiger partial charge on any atom is -0.383 e. The second kappa shape index (κ2) is 8.60. The van der Waals surface area contributed by atoms with Crippen LogP contribution in [-0.4, -0.2) is 35.2 Å². The van der Waals surface area contributed by atoms with Crippen LogP contribution in [0.5, 0.6) is 0 Å². The van der Waals surface area contributed by atoms with E-state index in [0.29, 0.717) is 31.0 Å². The molecule has 0 saturated heterocycles. The van der Waals surface area contributed by atoms with Crippen LogP contribution in [0.15, 0.2) is 60.7 Å². The number of aromatic nitrogens is 3. The zero-order chi connectivity index (χ0) is 17.3. The van der Waals surface area contributed by atoms with Crippen molar-refractivity contribution >= 4 is 29.2 Å². The largest absolute Gasteiger partial charge is 0.383 e. The van der Waals surface area contributed by atoms with Crippen molar-refractivity contribution in [3.05, 3.63) is 60.7 Å². The normalized spacial score (nSPS) is 10.3. The van der Waals surface area contributed by atoms with Crippen molar-refractivity contribution in [2.45, 2.75) is 0 Å². The number of para-hydroxylation sites is 2. The molecule has 1 aromatic heterocycles. The van der Waals surface area contributed by atoms with Crippen molar-refractivity contribution in [3.8, 4) is 0 Å². The van der Waals surface area contributed by atoms with Gasteiger partial charge in [0.25, 0.3) is 0 Å². The first-order valence-corrected chi connectivity index (χ1v) is 7.96. The molecule has 0 aliphatic rings. The van der Waals surface area contributed by atoms with Gasteiger partial charge in [-0.25, -0.2) is 0 Å². The fourth-order valence-corrected chi connectivity index (χ4v) is 2.13. The van der Waals surface area contributed by atoms with Gasteiger partial charge in [-0.2, -0.15) is 15.0 Å². The summed E-state index contributed by atoms with van der Waals surface area (Å²) in [7, 11) is 1.65. The van der Waals surface area contributed by atoms with E-state index in [2.05, 4.69) is 30.9 Å². The molecule has 0 saturated carbocycles. The summed E-state index contributed by atoms with van der Waals surface area (Å²) < 4.78 is 5.05. The van der Waals surface area contributed by atoms with Gasteiger partial charge in [-0.05, 0) is 24.3 Å². The molecule has 0 radical (unpaired) electrons. The lowest BCUT2D eigenvalue weighted by molar-refractivity contribution is 0.210. The predicted octanol–water partition coefficient (Wildman–Crippen LogP) is 3.42. The van der Waals surface area contributed by atoms with E-state index in [0.717, 1.165) is 11.4 Å². The van der Waals surface area contributed by atoms with Crippen LogP contribution in [0.2, 0.25) is 0 Å². The summed E-state index contributed by atoms with van der Waals surface area (Å²) in [5, 5.41) is 9.51. The second-order valence-electron chi connectivity index (χ2n) is 5.21. The highest BCUT2D eigenvalue weighted by atomic mass is 16.5. The number of methoxy groups -OCH3 is 1. The molecule has 7 heteroatoms. The molecule has 0 spiro atoms. The fourth-order valence-electron chi connectivity index (χ4n) is 2.13. The molecular weight excluding hydrogens is 316 g/mol. The maximum absolute atomic E-state index is 5.05. The number of nitrogens with zero attached hydrogens (tertiary/aromatic N) is 3. The number of hydrogen-bond acceptors (Lipinski definition) is 7. The maximum atomic E-state index is 5.05. The van der Waals surface area contributed by atoms with Crippen molar-refractivity contribution in [3.63, 3.8) is 0 Å². The Balaban J connectivity index is 1.82. The molecule has 128 valence electrons. The zero-order valence-electron chi connectivity index (χ0n) is 13.9. The minimum atomic E-state index is 0.458.